The molecule has 0 saturated carbocycles. The van der Waals surface area contributed by atoms with Crippen LogP contribution >= 0.6 is 0 Å². The Bertz CT molecular complexity index is 626. The summed E-state index contributed by atoms with van der Waals surface area (Å²) >= 11 is 0. The van der Waals surface area contributed by atoms with Gasteiger partial charge in [-0.25, -0.2) is 0 Å². The SMILES string of the molecule is COc1cc(C(=O)NC(C)C(C)C)ccc1B1OC(C)(C)C(C)(C)O1. The first kappa shape index (κ1) is 19.8. The van der Waals surface area contributed by atoms with Crippen LogP contribution in [0.15, 0.2) is 18.2 Å². The monoisotopic (exact) mass is 347 g/mol. The first-order chi connectivity index (χ1) is 11.5. The number of hydrogen-bond acceptors (Lipinski definition) is 4. The maximum absolute atomic E-state index is 12.4. The molecule has 0 bridgehead atoms. The summed E-state index contributed by atoms with van der Waals surface area (Å²) in [7, 11) is 1.06. The summed E-state index contributed by atoms with van der Waals surface area (Å²) in [6.07, 6.45) is 0. The van der Waals surface area contributed by atoms with Crippen LogP contribution in [-0.2, 0) is 9.31 Å². The topological polar surface area (TPSA) is 56.8 Å². The fraction of sp³-hybridized carbons (Fsp3) is 0.632. The second-order valence-corrected chi connectivity index (χ2v) is 8.05. The summed E-state index contributed by atoms with van der Waals surface area (Å²) in [4.78, 5) is 12.4. The van der Waals surface area contributed by atoms with Gasteiger partial charge in [-0.05, 0) is 52.7 Å². The van der Waals surface area contributed by atoms with Gasteiger partial charge in [0, 0.05) is 17.1 Å². The zero-order valence-corrected chi connectivity index (χ0v) is 16.6. The second kappa shape index (κ2) is 7.00. The standard InChI is InChI=1S/C19H30BNO4/c1-12(2)13(3)21-17(22)14-9-10-15(16(11-14)23-8)20-24-18(4,5)19(6,7)25-20/h9-13H,1-8H3,(H,21,22). The molecular weight excluding hydrogens is 317 g/mol. The molecule has 0 spiro atoms. The van der Waals surface area contributed by atoms with E-state index in [2.05, 4.69) is 19.2 Å². The van der Waals surface area contributed by atoms with Gasteiger partial charge >= 0.3 is 7.12 Å². The van der Waals surface area contributed by atoms with E-state index < -0.39 is 18.3 Å². The zero-order chi connectivity index (χ0) is 19.0. The molecule has 0 aromatic heterocycles. The van der Waals surface area contributed by atoms with E-state index in [0.29, 0.717) is 17.2 Å². The number of rotatable bonds is 5. The quantitative estimate of drug-likeness (QED) is 0.833. The van der Waals surface area contributed by atoms with Gasteiger partial charge in [-0.2, -0.15) is 0 Å². The van der Waals surface area contributed by atoms with Gasteiger partial charge in [-0.15, -0.1) is 0 Å². The largest absolute Gasteiger partial charge is 0.498 e. The second-order valence-electron chi connectivity index (χ2n) is 8.05. The van der Waals surface area contributed by atoms with Gasteiger partial charge in [0.15, 0.2) is 0 Å². The molecule has 1 aliphatic rings. The van der Waals surface area contributed by atoms with Crippen LogP contribution in [0.2, 0.25) is 0 Å². The Labute approximate surface area is 151 Å². The van der Waals surface area contributed by atoms with E-state index in [0.717, 1.165) is 5.46 Å². The van der Waals surface area contributed by atoms with Crippen molar-refractivity contribution in [2.24, 2.45) is 5.92 Å². The highest BCUT2D eigenvalue weighted by Crippen LogP contribution is 2.37. The fourth-order valence-corrected chi connectivity index (χ4v) is 2.47. The van der Waals surface area contributed by atoms with E-state index in [9.17, 15) is 4.79 Å². The lowest BCUT2D eigenvalue weighted by Crippen LogP contribution is -2.41. The molecule has 1 atom stereocenters. The lowest BCUT2D eigenvalue weighted by Gasteiger charge is -2.32. The number of carbonyl (C=O) groups is 1. The molecule has 0 radical (unpaired) electrons. The van der Waals surface area contributed by atoms with E-state index in [4.69, 9.17) is 14.0 Å². The summed E-state index contributed by atoms with van der Waals surface area (Å²) in [5.74, 6) is 0.846. The molecule has 2 rings (SSSR count). The minimum Gasteiger partial charge on any atom is -0.497 e. The van der Waals surface area contributed by atoms with E-state index in [1.807, 2.05) is 40.7 Å². The maximum atomic E-state index is 12.4. The predicted octanol–water partition coefficient (Wildman–Crippen LogP) is 2.77. The van der Waals surface area contributed by atoms with Crippen molar-refractivity contribution in [2.45, 2.75) is 65.7 Å². The Kier molecular flexibility index (Phi) is 5.54. The van der Waals surface area contributed by atoms with Crippen LogP contribution in [0, 0.1) is 5.92 Å². The van der Waals surface area contributed by atoms with Crippen molar-refractivity contribution in [1.82, 2.24) is 5.32 Å². The smallest absolute Gasteiger partial charge is 0.497 e. The van der Waals surface area contributed by atoms with Gasteiger partial charge < -0.3 is 19.4 Å². The first-order valence-electron chi connectivity index (χ1n) is 8.83. The Balaban J connectivity index is 2.25. The molecule has 1 aromatic carbocycles. The molecular formula is C19H30BNO4. The van der Waals surface area contributed by atoms with E-state index in [1.54, 1.807) is 19.2 Å². The Morgan fingerprint density at radius 3 is 2.16 bits per heavy atom. The average Bonchev–Trinajstić information content (AvgIpc) is 2.74. The van der Waals surface area contributed by atoms with E-state index in [1.165, 1.54) is 0 Å². The van der Waals surface area contributed by atoms with Crippen LogP contribution in [0.25, 0.3) is 0 Å². The molecule has 1 amide bonds. The Morgan fingerprint density at radius 2 is 1.68 bits per heavy atom. The third-order valence-electron chi connectivity index (χ3n) is 5.36. The summed E-state index contributed by atoms with van der Waals surface area (Å²) in [5.41, 5.74) is 0.496. The van der Waals surface area contributed by atoms with Crippen molar-refractivity contribution in [2.75, 3.05) is 7.11 Å². The Morgan fingerprint density at radius 1 is 1.12 bits per heavy atom. The summed E-state index contributed by atoms with van der Waals surface area (Å²) < 4.78 is 17.7. The van der Waals surface area contributed by atoms with Crippen LogP contribution in [0.5, 0.6) is 5.75 Å². The van der Waals surface area contributed by atoms with Crippen molar-refractivity contribution in [3.8, 4) is 5.75 Å². The molecule has 5 nitrogen and oxygen atoms in total. The van der Waals surface area contributed by atoms with Gasteiger partial charge in [-0.3, -0.25) is 4.79 Å². The van der Waals surface area contributed by atoms with E-state index >= 15 is 0 Å². The minimum atomic E-state index is -0.522. The van der Waals surface area contributed by atoms with Crippen LogP contribution < -0.4 is 15.5 Å². The fourth-order valence-electron chi connectivity index (χ4n) is 2.47. The molecule has 138 valence electrons. The molecule has 1 aromatic rings. The Hall–Kier alpha value is -1.53. The van der Waals surface area contributed by atoms with Crippen molar-refractivity contribution >= 4 is 18.5 Å². The van der Waals surface area contributed by atoms with Gasteiger partial charge in [-0.1, -0.05) is 19.9 Å². The summed E-state index contributed by atoms with van der Waals surface area (Å²) in [5, 5.41) is 3.01. The maximum Gasteiger partial charge on any atom is 0.498 e. The van der Waals surface area contributed by atoms with E-state index in [-0.39, 0.29) is 11.9 Å². The minimum absolute atomic E-state index is 0.0984. The highest BCUT2D eigenvalue weighted by atomic mass is 16.7. The zero-order valence-electron chi connectivity index (χ0n) is 16.6. The number of hydrogen-bond donors (Lipinski definition) is 1. The molecule has 1 N–H and O–H groups in total. The van der Waals surface area contributed by atoms with Crippen molar-refractivity contribution < 1.29 is 18.8 Å². The van der Waals surface area contributed by atoms with Crippen molar-refractivity contribution in [3.63, 3.8) is 0 Å². The molecule has 25 heavy (non-hydrogen) atoms. The van der Waals surface area contributed by atoms with Crippen molar-refractivity contribution in [1.29, 1.82) is 0 Å². The third-order valence-corrected chi connectivity index (χ3v) is 5.36. The van der Waals surface area contributed by atoms with Gasteiger partial charge in [0.1, 0.15) is 5.75 Å². The number of benzene rings is 1. The average molecular weight is 347 g/mol. The lowest BCUT2D eigenvalue weighted by atomic mass is 9.78. The first-order valence-corrected chi connectivity index (χ1v) is 8.83. The molecule has 1 aliphatic heterocycles. The molecule has 1 fully saturated rings. The number of methoxy groups -OCH3 is 1. The van der Waals surface area contributed by atoms with Crippen LogP contribution in [0.1, 0.15) is 58.8 Å². The van der Waals surface area contributed by atoms with Crippen LogP contribution in [-0.4, -0.2) is 37.4 Å². The normalized spacial score (nSPS) is 19.8. The van der Waals surface area contributed by atoms with Crippen LogP contribution in [0.4, 0.5) is 0 Å². The summed E-state index contributed by atoms with van der Waals surface area (Å²) in [6, 6.07) is 5.46. The third kappa shape index (κ3) is 4.01. The number of nitrogens with one attached hydrogen (secondary N) is 1. The van der Waals surface area contributed by atoms with Gasteiger partial charge in [0.25, 0.3) is 5.91 Å². The highest BCUT2D eigenvalue weighted by Gasteiger charge is 2.52. The molecule has 0 aliphatic carbocycles. The van der Waals surface area contributed by atoms with Gasteiger partial charge in [0.05, 0.1) is 18.3 Å². The number of amides is 1. The molecule has 1 heterocycles. The van der Waals surface area contributed by atoms with Crippen molar-refractivity contribution in [3.05, 3.63) is 23.8 Å². The number of carbonyl (C=O) groups excluding carboxylic acids is 1. The summed E-state index contributed by atoms with van der Waals surface area (Å²) in [6.45, 7) is 14.2. The van der Waals surface area contributed by atoms with Gasteiger partial charge in [0.2, 0.25) is 0 Å². The number of ether oxygens (including phenoxy) is 1. The molecule has 1 saturated heterocycles. The molecule has 6 heteroatoms. The molecule has 1 unspecified atom stereocenters. The highest BCUT2D eigenvalue weighted by molar-refractivity contribution is 6.63. The lowest BCUT2D eigenvalue weighted by molar-refractivity contribution is 0.00578. The van der Waals surface area contributed by atoms with Crippen LogP contribution in [0.3, 0.4) is 0 Å². The predicted molar refractivity (Wildman–Crippen MR) is 100 cm³/mol.